The van der Waals surface area contributed by atoms with E-state index >= 15 is 0 Å². The lowest BCUT2D eigenvalue weighted by molar-refractivity contribution is -0.137. The number of hydrogen-bond donors (Lipinski definition) is 3. The Morgan fingerprint density at radius 3 is 2.90 bits per heavy atom. The standard InChI is InChI=1S/C20H19ClN4O4S/c21-11-3-1-2-10(6-11)17(22)19(28)23-7-15-12-8-25(20(29)13(12)9-30-15)14-4-5-16(26)24-18(14)27/h1-3,6,9,14,17H,4-5,7-8,22H2,(H,23,28)(H,24,26,27). The molecule has 3 heterocycles. The molecule has 4 N–H and O–H groups in total. The summed E-state index contributed by atoms with van der Waals surface area (Å²) in [7, 11) is 0. The smallest absolute Gasteiger partial charge is 0.256 e. The van der Waals surface area contributed by atoms with Crippen molar-refractivity contribution in [3.8, 4) is 0 Å². The molecule has 0 radical (unpaired) electrons. The van der Waals surface area contributed by atoms with Gasteiger partial charge in [-0.05, 0) is 29.7 Å². The Morgan fingerprint density at radius 1 is 1.37 bits per heavy atom. The topological polar surface area (TPSA) is 122 Å². The summed E-state index contributed by atoms with van der Waals surface area (Å²) in [4.78, 5) is 51.0. The van der Waals surface area contributed by atoms with Crippen molar-refractivity contribution in [1.29, 1.82) is 0 Å². The Balaban J connectivity index is 1.42. The molecule has 0 spiro atoms. The maximum atomic E-state index is 12.7. The Bertz CT molecular complexity index is 1050. The van der Waals surface area contributed by atoms with Gasteiger partial charge in [0.05, 0.1) is 12.1 Å². The summed E-state index contributed by atoms with van der Waals surface area (Å²) in [5.41, 5.74) is 7.97. The van der Waals surface area contributed by atoms with E-state index in [2.05, 4.69) is 10.6 Å². The summed E-state index contributed by atoms with van der Waals surface area (Å²) in [5.74, 6) is -1.36. The second-order valence-electron chi connectivity index (χ2n) is 7.20. The third kappa shape index (κ3) is 3.83. The molecule has 2 unspecified atom stereocenters. The van der Waals surface area contributed by atoms with E-state index < -0.39 is 18.0 Å². The third-order valence-electron chi connectivity index (χ3n) is 5.30. The zero-order valence-corrected chi connectivity index (χ0v) is 17.4. The van der Waals surface area contributed by atoms with Crippen LogP contribution in [0, 0.1) is 0 Å². The van der Waals surface area contributed by atoms with Crippen molar-refractivity contribution in [3.63, 3.8) is 0 Å². The quantitative estimate of drug-likeness (QED) is 0.600. The third-order valence-corrected chi connectivity index (χ3v) is 6.56. The minimum atomic E-state index is -0.863. The molecule has 10 heteroatoms. The Labute approximate surface area is 181 Å². The maximum Gasteiger partial charge on any atom is 0.256 e. The summed E-state index contributed by atoms with van der Waals surface area (Å²) < 4.78 is 0. The minimum Gasteiger partial charge on any atom is -0.350 e. The number of nitrogens with two attached hydrogens (primary N) is 1. The van der Waals surface area contributed by atoms with Crippen molar-refractivity contribution in [1.82, 2.24) is 15.5 Å². The Hall–Kier alpha value is -2.75. The van der Waals surface area contributed by atoms with E-state index in [1.54, 1.807) is 29.6 Å². The molecule has 1 fully saturated rings. The zero-order valence-electron chi connectivity index (χ0n) is 15.8. The summed E-state index contributed by atoms with van der Waals surface area (Å²) in [5, 5.41) is 7.33. The predicted molar refractivity (Wildman–Crippen MR) is 111 cm³/mol. The van der Waals surface area contributed by atoms with Gasteiger partial charge in [-0.1, -0.05) is 23.7 Å². The number of benzene rings is 1. The van der Waals surface area contributed by atoms with Crippen LogP contribution in [0.2, 0.25) is 5.02 Å². The number of rotatable bonds is 5. The average Bonchev–Trinajstić information content (AvgIpc) is 3.26. The number of hydrogen-bond acceptors (Lipinski definition) is 6. The van der Waals surface area contributed by atoms with E-state index in [1.165, 1.54) is 16.2 Å². The van der Waals surface area contributed by atoms with Crippen molar-refractivity contribution in [2.75, 3.05) is 0 Å². The zero-order chi connectivity index (χ0) is 21.4. The first-order valence-corrected chi connectivity index (χ1v) is 10.6. The van der Waals surface area contributed by atoms with Crippen LogP contribution in [0.3, 0.4) is 0 Å². The van der Waals surface area contributed by atoms with E-state index in [1.807, 2.05) is 0 Å². The molecule has 156 valence electrons. The first-order valence-electron chi connectivity index (χ1n) is 9.38. The highest BCUT2D eigenvalue weighted by Gasteiger charge is 2.40. The first kappa shape index (κ1) is 20.5. The van der Waals surface area contributed by atoms with Gasteiger partial charge in [-0.3, -0.25) is 24.5 Å². The number of fused-ring (bicyclic) bond motifs is 1. The second kappa shape index (κ2) is 8.17. The molecule has 1 aromatic heterocycles. The van der Waals surface area contributed by atoms with Gasteiger partial charge in [0.15, 0.2) is 0 Å². The Kier molecular flexibility index (Phi) is 5.59. The Morgan fingerprint density at radius 2 is 2.17 bits per heavy atom. The van der Waals surface area contributed by atoms with Crippen molar-refractivity contribution in [2.45, 2.75) is 38.0 Å². The molecule has 4 amide bonds. The molecule has 2 atom stereocenters. The van der Waals surface area contributed by atoms with Crippen LogP contribution in [0.25, 0.3) is 0 Å². The number of imide groups is 1. The van der Waals surface area contributed by atoms with Crippen LogP contribution in [-0.4, -0.2) is 34.6 Å². The minimum absolute atomic E-state index is 0.206. The van der Waals surface area contributed by atoms with E-state index in [4.69, 9.17) is 17.3 Å². The molecule has 2 aliphatic heterocycles. The predicted octanol–water partition coefficient (Wildman–Crippen LogP) is 1.48. The van der Waals surface area contributed by atoms with Gasteiger partial charge in [-0.2, -0.15) is 0 Å². The molecule has 0 saturated carbocycles. The number of piperidine rings is 1. The fourth-order valence-corrected chi connectivity index (χ4v) is 4.85. The fourth-order valence-electron chi connectivity index (χ4n) is 3.68. The van der Waals surface area contributed by atoms with Gasteiger partial charge in [-0.15, -0.1) is 11.3 Å². The molecule has 0 bridgehead atoms. The molecule has 30 heavy (non-hydrogen) atoms. The lowest BCUT2D eigenvalue weighted by atomic mass is 10.0. The number of carbonyl (C=O) groups is 4. The highest BCUT2D eigenvalue weighted by molar-refractivity contribution is 7.10. The van der Waals surface area contributed by atoms with E-state index in [9.17, 15) is 19.2 Å². The number of amides is 4. The van der Waals surface area contributed by atoms with E-state index in [0.29, 0.717) is 22.6 Å². The number of nitrogens with one attached hydrogen (secondary N) is 2. The normalized spacial score (nSPS) is 19.5. The van der Waals surface area contributed by atoms with Crippen LogP contribution in [0.5, 0.6) is 0 Å². The van der Waals surface area contributed by atoms with Crippen molar-refractivity contribution in [2.24, 2.45) is 5.73 Å². The second-order valence-corrected chi connectivity index (χ2v) is 8.60. The molecule has 1 saturated heterocycles. The van der Waals surface area contributed by atoms with E-state index in [-0.39, 0.29) is 37.2 Å². The van der Waals surface area contributed by atoms with Gasteiger partial charge >= 0.3 is 0 Å². The van der Waals surface area contributed by atoms with Crippen LogP contribution >= 0.6 is 22.9 Å². The molecule has 1 aromatic carbocycles. The van der Waals surface area contributed by atoms with Crippen LogP contribution in [0.1, 0.15) is 45.2 Å². The first-order chi connectivity index (χ1) is 14.3. The van der Waals surface area contributed by atoms with Crippen LogP contribution < -0.4 is 16.4 Å². The number of thiophene rings is 1. The van der Waals surface area contributed by atoms with Gasteiger partial charge in [0.1, 0.15) is 12.1 Å². The molecule has 2 aromatic rings. The average molecular weight is 447 g/mol. The summed E-state index contributed by atoms with van der Waals surface area (Å²) >= 11 is 7.33. The SMILES string of the molecule is NC(C(=O)NCc1scc2c1CN(C1CCC(=O)NC1=O)C2=O)c1cccc(Cl)c1. The van der Waals surface area contributed by atoms with Gasteiger partial charge < -0.3 is 16.0 Å². The van der Waals surface area contributed by atoms with Crippen LogP contribution in [0.15, 0.2) is 29.6 Å². The molecule has 2 aliphatic rings. The van der Waals surface area contributed by atoms with Gasteiger partial charge in [-0.25, -0.2) is 0 Å². The summed E-state index contributed by atoms with van der Waals surface area (Å²) in [6.45, 7) is 0.499. The lowest BCUT2D eigenvalue weighted by Gasteiger charge is -2.29. The van der Waals surface area contributed by atoms with Crippen molar-refractivity contribution in [3.05, 3.63) is 56.2 Å². The molecule has 0 aliphatic carbocycles. The van der Waals surface area contributed by atoms with Gasteiger partial charge in [0.2, 0.25) is 17.7 Å². The van der Waals surface area contributed by atoms with Crippen LogP contribution in [-0.2, 0) is 27.5 Å². The lowest BCUT2D eigenvalue weighted by Crippen LogP contribution is -2.52. The van der Waals surface area contributed by atoms with Gasteiger partial charge in [0.25, 0.3) is 5.91 Å². The molecular weight excluding hydrogens is 428 g/mol. The van der Waals surface area contributed by atoms with Gasteiger partial charge in [0, 0.05) is 28.2 Å². The van der Waals surface area contributed by atoms with Crippen LogP contribution in [0.4, 0.5) is 0 Å². The highest BCUT2D eigenvalue weighted by atomic mass is 35.5. The molecular formula is C20H19ClN4O4S. The van der Waals surface area contributed by atoms with E-state index in [0.717, 1.165) is 10.4 Å². The summed E-state index contributed by atoms with van der Waals surface area (Å²) in [6.07, 6.45) is 0.516. The largest absolute Gasteiger partial charge is 0.350 e. The van der Waals surface area contributed by atoms with Crippen molar-refractivity contribution < 1.29 is 19.2 Å². The maximum absolute atomic E-state index is 12.7. The number of carbonyl (C=O) groups excluding carboxylic acids is 4. The molecule has 4 rings (SSSR count). The monoisotopic (exact) mass is 446 g/mol. The fraction of sp³-hybridized carbons (Fsp3) is 0.300. The number of halogens is 1. The number of nitrogens with zero attached hydrogens (tertiary/aromatic N) is 1. The summed E-state index contributed by atoms with van der Waals surface area (Å²) in [6, 6.07) is 5.28. The highest BCUT2D eigenvalue weighted by Crippen LogP contribution is 2.33. The molecule has 8 nitrogen and oxygen atoms in total. The van der Waals surface area contributed by atoms with Crippen molar-refractivity contribution >= 4 is 46.6 Å².